The zero-order valence-corrected chi connectivity index (χ0v) is 14.8. The average molecular weight is 345 g/mol. The number of hydrogen-bond acceptors (Lipinski definition) is 4. The Hall–Kier alpha value is -1.13. The maximum absolute atomic E-state index is 5.94. The Bertz CT molecular complexity index is 643. The highest BCUT2D eigenvalue weighted by molar-refractivity contribution is 6.29. The molecule has 0 amide bonds. The van der Waals surface area contributed by atoms with Crippen molar-refractivity contribution in [1.29, 1.82) is 0 Å². The zero-order valence-electron chi connectivity index (χ0n) is 14.1. The lowest BCUT2D eigenvalue weighted by atomic mass is 9.68. The van der Waals surface area contributed by atoms with Gasteiger partial charge in [-0.15, -0.1) is 10.2 Å². The molecule has 5 heteroatoms. The van der Waals surface area contributed by atoms with Gasteiger partial charge in [0, 0.05) is 19.1 Å². The van der Waals surface area contributed by atoms with E-state index in [1.807, 2.05) is 12.1 Å². The molecule has 4 heterocycles. The predicted octanol–water partition coefficient (Wildman–Crippen LogP) is 3.53. The van der Waals surface area contributed by atoms with Gasteiger partial charge in [-0.05, 0) is 62.6 Å². The average Bonchev–Trinajstić information content (AvgIpc) is 2.62. The topological polar surface area (TPSA) is 32.3 Å². The Balaban J connectivity index is 1.49. The molecule has 0 spiro atoms. The third kappa shape index (κ3) is 2.46. The minimum atomic E-state index is 0.476. The summed E-state index contributed by atoms with van der Waals surface area (Å²) in [7, 11) is 0. The van der Waals surface area contributed by atoms with Gasteiger partial charge in [-0.2, -0.15) is 0 Å². The Morgan fingerprint density at radius 3 is 2.92 bits per heavy atom. The number of anilines is 1. The number of nitrogens with zero attached hydrogens (tertiary/aromatic N) is 4. The van der Waals surface area contributed by atoms with Crippen LogP contribution in [0.25, 0.3) is 0 Å². The highest BCUT2D eigenvalue weighted by Gasteiger charge is 2.46. The van der Waals surface area contributed by atoms with E-state index in [0.717, 1.165) is 30.2 Å². The van der Waals surface area contributed by atoms with Crippen LogP contribution in [-0.2, 0) is 0 Å². The van der Waals surface area contributed by atoms with E-state index in [4.69, 9.17) is 11.6 Å². The van der Waals surface area contributed by atoms with Gasteiger partial charge in [0.05, 0.1) is 6.04 Å². The Morgan fingerprint density at radius 1 is 1.08 bits per heavy atom. The van der Waals surface area contributed by atoms with Crippen LogP contribution in [0.4, 0.5) is 5.82 Å². The summed E-state index contributed by atoms with van der Waals surface area (Å²) in [5, 5.41) is 8.94. The molecule has 3 saturated heterocycles. The second-order valence-corrected chi connectivity index (χ2v) is 8.30. The van der Waals surface area contributed by atoms with E-state index in [-0.39, 0.29) is 0 Å². The van der Waals surface area contributed by atoms with Crippen LogP contribution < -0.4 is 4.90 Å². The van der Waals surface area contributed by atoms with E-state index in [9.17, 15) is 0 Å². The van der Waals surface area contributed by atoms with Crippen LogP contribution >= 0.6 is 11.6 Å². The molecule has 0 radical (unpaired) electrons. The molecule has 4 atom stereocenters. The first kappa shape index (κ1) is 15.2. The van der Waals surface area contributed by atoms with E-state index in [0.29, 0.717) is 11.2 Å². The maximum atomic E-state index is 5.94. The maximum Gasteiger partial charge on any atom is 0.151 e. The minimum absolute atomic E-state index is 0.476. The summed E-state index contributed by atoms with van der Waals surface area (Å²) in [5.41, 5.74) is 1.67. The molecule has 1 aromatic rings. The Labute approximate surface area is 148 Å². The largest absolute Gasteiger partial charge is 0.348 e. The van der Waals surface area contributed by atoms with Gasteiger partial charge in [0.2, 0.25) is 0 Å². The van der Waals surface area contributed by atoms with Crippen molar-refractivity contribution in [3.63, 3.8) is 0 Å². The third-order valence-electron chi connectivity index (χ3n) is 6.57. The van der Waals surface area contributed by atoms with Crippen molar-refractivity contribution >= 4 is 17.4 Å². The molecule has 0 unspecified atom stereocenters. The summed E-state index contributed by atoms with van der Waals surface area (Å²) in [5.74, 6) is 2.52. The molecule has 3 aliphatic heterocycles. The van der Waals surface area contributed by atoms with Gasteiger partial charge >= 0.3 is 0 Å². The fraction of sp³-hybridized carbons (Fsp3) is 0.684. The minimum Gasteiger partial charge on any atom is -0.348 e. The Morgan fingerprint density at radius 2 is 2.04 bits per heavy atom. The summed E-state index contributed by atoms with van der Waals surface area (Å²) in [6, 6.07) is 5.24. The second-order valence-electron chi connectivity index (χ2n) is 7.92. The molecule has 2 bridgehead atoms. The molecule has 4 nitrogen and oxygen atoms in total. The molecule has 5 rings (SSSR count). The molecule has 0 N–H and O–H groups in total. The normalized spacial score (nSPS) is 35.9. The van der Waals surface area contributed by atoms with E-state index in [1.165, 1.54) is 51.6 Å². The van der Waals surface area contributed by atoms with Crippen LogP contribution in [-0.4, -0.2) is 46.8 Å². The highest BCUT2D eigenvalue weighted by atomic mass is 35.5. The van der Waals surface area contributed by atoms with Crippen molar-refractivity contribution in [2.45, 2.75) is 50.6 Å². The first-order valence-corrected chi connectivity index (χ1v) is 9.88. The van der Waals surface area contributed by atoms with Crippen LogP contribution in [0.2, 0.25) is 5.15 Å². The molecule has 24 heavy (non-hydrogen) atoms. The van der Waals surface area contributed by atoms with Crippen molar-refractivity contribution in [1.82, 2.24) is 15.1 Å². The van der Waals surface area contributed by atoms with E-state index >= 15 is 0 Å². The SMILES string of the molecule is Clc1ccc(N2CCCC3=C[C@H]4C[C@@H](CN5CCCC[C@H]45)[C@@H]32)nn1. The number of halogens is 1. The first-order valence-electron chi connectivity index (χ1n) is 9.50. The zero-order chi connectivity index (χ0) is 16.1. The molecule has 128 valence electrons. The van der Waals surface area contributed by atoms with Crippen LogP contribution in [0.1, 0.15) is 38.5 Å². The number of aromatic nitrogens is 2. The molecular formula is C19H25ClN4. The fourth-order valence-electron chi connectivity index (χ4n) is 5.69. The summed E-state index contributed by atoms with van der Waals surface area (Å²) >= 11 is 5.94. The van der Waals surface area contributed by atoms with E-state index in [2.05, 4.69) is 26.1 Å². The quantitative estimate of drug-likeness (QED) is 0.729. The number of hydrogen-bond donors (Lipinski definition) is 0. The van der Waals surface area contributed by atoms with Gasteiger partial charge in [0.25, 0.3) is 0 Å². The van der Waals surface area contributed by atoms with Gasteiger partial charge in [-0.25, -0.2) is 0 Å². The van der Waals surface area contributed by atoms with Crippen molar-refractivity contribution in [3.05, 3.63) is 28.9 Å². The van der Waals surface area contributed by atoms with Gasteiger partial charge in [-0.3, -0.25) is 4.90 Å². The molecule has 0 aromatic carbocycles. The molecule has 1 aromatic heterocycles. The summed E-state index contributed by atoms with van der Waals surface area (Å²) in [6.07, 6.45) is 10.7. The number of piperidine rings is 3. The summed E-state index contributed by atoms with van der Waals surface area (Å²) < 4.78 is 0. The van der Waals surface area contributed by atoms with Gasteiger partial charge in [-0.1, -0.05) is 29.7 Å². The summed E-state index contributed by atoms with van der Waals surface area (Å²) in [4.78, 5) is 5.29. The standard InChI is InChI=1S/C19H25ClN4/c20-17-6-7-18(22-21-17)24-9-3-4-13-10-14-11-15(19(13)24)12-23-8-2-1-5-16(14)23/h6-7,10,14-16,19H,1-5,8-9,11-12H2/t14-,15-,16+,19+/m0/s1. The van der Waals surface area contributed by atoms with Crippen molar-refractivity contribution in [3.8, 4) is 0 Å². The lowest BCUT2D eigenvalue weighted by molar-refractivity contribution is 0.0309. The number of rotatable bonds is 1. The Kier molecular flexibility index (Phi) is 3.78. The van der Waals surface area contributed by atoms with Crippen LogP contribution in [0.15, 0.2) is 23.8 Å². The van der Waals surface area contributed by atoms with Crippen LogP contribution in [0.5, 0.6) is 0 Å². The van der Waals surface area contributed by atoms with Gasteiger partial charge in [0.15, 0.2) is 11.0 Å². The van der Waals surface area contributed by atoms with Gasteiger partial charge in [0.1, 0.15) is 0 Å². The van der Waals surface area contributed by atoms with Crippen molar-refractivity contribution in [2.24, 2.45) is 11.8 Å². The molecular weight excluding hydrogens is 320 g/mol. The fourth-order valence-corrected chi connectivity index (χ4v) is 5.79. The highest BCUT2D eigenvalue weighted by Crippen LogP contribution is 2.45. The van der Waals surface area contributed by atoms with Crippen LogP contribution in [0, 0.1) is 11.8 Å². The number of fused-ring (bicyclic) bond motifs is 6. The van der Waals surface area contributed by atoms with E-state index < -0.39 is 0 Å². The smallest absolute Gasteiger partial charge is 0.151 e. The first-order chi connectivity index (χ1) is 11.8. The monoisotopic (exact) mass is 344 g/mol. The molecule has 4 aliphatic rings. The predicted molar refractivity (Wildman–Crippen MR) is 96.3 cm³/mol. The van der Waals surface area contributed by atoms with Gasteiger partial charge < -0.3 is 4.90 Å². The summed E-state index contributed by atoms with van der Waals surface area (Å²) in [6.45, 7) is 3.65. The lowest BCUT2D eigenvalue weighted by Crippen LogP contribution is -2.59. The molecule has 3 fully saturated rings. The van der Waals surface area contributed by atoms with E-state index in [1.54, 1.807) is 5.57 Å². The molecule has 1 aliphatic carbocycles. The molecule has 0 saturated carbocycles. The second kappa shape index (κ2) is 5.99. The van der Waals surface area contributed by atoms with Crippen molar-refractivity contribution in [2.75, 3.05) is 24.5 Å². The lowest BCUT2D eigenvalue weighted by Gasteiger charge is -2.54. The third-order valence-corrected chi connectivity index (χ3v) is 6.77. The van der Waals surface area contributed by atoms with Crippen molar-refractivity contribution < 1.29 is 0 Å². The van der Waals surface area contributed by atoms with Crippen LogP contribution in [0.3, 0.4) is 0 Å².